The summed E-state index contributed by atoms with van der Waals surface area (Å²) in [5.74, 6) is -4.29. The molecule has 208 valence electrons. The molecule has 1 unspecified atom stereocenters. The smallest absolute Gasteiger partial charge is 0.330 e. The van der Waals surface area contributed by atoms with E-state index in [4.69, 9.17) is 25.5 Å². The molecule has 1 saturated heterocycles. The Morgan fingerprint density at radius 1 is 1.18 bits per heavy atom. The summed E-state index contributed by atoms with van der Waals surface area (Å²) in [6, 6.07) is 9.35. The second-order valence-corrected chi connectivity index (χ2v) is 10.4. The fourth-order valence-corrected chi connectivity index (χ4v) is 5.52. The molecule has 3 aromatic rings. The maximum Gasteiger partial charge on any atom is 0.330 e. The van der Waals surface area contributed by atoms with E-state index < -0.39 is 23.7 Å². The summed E-state index contributed by atoms with van der Waals surface area (Å²) >= 11 is 6.45. The number of carbonyl (C=O) groups is 2. The third-order valence-electron chi connectivity index (χ3n) is 7.40. The molecule has 0 bridgehead atoms. The topological polar surface area (TPSA) is 93.9 Å². The number of rotatable bonds is 9. The number of Topliss-reactive ketones (excluding diaryl/α,β-unsaturated/α-hetero) is 1. The summed E-state index contributed by atoms with van der Waals surface area (Å²) in [7, 11) is 1.36. The van der Waals surface area contributed by atoms with E-state index in [2.05, 4.69) is 10.3 Å². The third kappa shape index (κ3) is 5.92. The van der Waals surface area contributed by atoms with Gasteiger partial charge in [0, 0.05) is 19.5 Å². The predicted molar refractivity (Wildman–Crippen MR) is 141 cm³/mol. The third-order valence-corrected chi connectivity index (χ3v) is 7.71. The number of nitrogens with one attached hydrogen (secondary N) is 1. The molecule has 1 aliphatic heterocycles. The molecule has 2 aliphatic rings. The lowest BCUT2D eigenvalue weighted by atomic mass is 9.87. The van der Waals surface area contributed by atoms with Crippen LogP contribution < -0.4 is 5.32 Å². The van der Waals surface area contributed by atoms with E-state index in [1.807, 2.05) is 0 Å². The number of likely N-dealkylation sites (tertiary alicyclic amines) is 1. The fourth-order valence-electron chi connectivity index (χ4n) is 5.27. The van der Waals surface area contributed by atoms with Crippen molar-refractivity contribution >= 4 is 46.2 Å². The van der Waals surface area contributed by atoms with Crippen LogP contribution in [0.2, 0.25) is 5.02 Å². The quantitative estimate of drug-likeness (QED) is 0.253. The van der Waals surface area contributed by atoms with Gasteiger partial charge in [0.2, 0.25) is 5.78 Å². The van der Waals surface area contributed by atoms with Gasteiger partial charge in [0.1, 0.15) is 5.52 Å². The molecule has 0 amide bonds. The van der Waals surface area contributed by atoms with Crippen LogP contribution >= 0.6 is 11.6 Å². The molecule has 1 atom stereocenters. The number of carbonyl (C=O) groups excluding carboxylic acids is 2. The monoisotopic (exact) mass is 561 g/mol. The number of anilines is 2. The fraction of sp³-hybridized carbons (Fsp3) is 0.464. The summed E-state index contributed by atoms with van der Waals surface area (Å²) in [6.45, 7) is 0.850. The number of aromatic nitrogens is 1. The van der Waals surface area contributed by atoms with Crippen LogP contribution in [0.4, 0.5) is 20.5 Å². The number of hydrogen-bond donors (Lipinski definition) is 1. The zero-order chi connectivity index (χ0) is 27.6. The van der Waals surface area contributed by atoms with Crippen molar-refractivity contribution in [3.63, 3.8) is 0 Å². The van der Waals surface area contributed by atoms with Gasteiger partial charge in [-0.25, -0.2) is 9.29 Å². The highest BCUT2D eigenvalue weighted by atomic mass is 35.5. The van der Waals surface area contributed by atoms with Crippen molar-refractivity contribution < 1.29 is 32.3 Å². The van der Waals surface area contributed by atoms with Crippen molar-refractivity contribution in [1.29, 1.82) is 0 Å². The first-order valence-corrected chi connectivity index (χ1v) is 13.5. The minimum atomic E-state index is -2.56. The highest BCUT2D eigenvalue weighted by Crippen LogP contribution is 2.35. The first-order chi connectivity index (χ1) is 18.8. The first kappa shape index (κ1) is 27.5. The van der Waals surface area contributed by atoms with E-state index in [1.54, 1.807) is 24.3 Å². The molecular weight excluding hydrogens is 532 g/mol. The highest BCUT2D eigenvalue weighted by molar-refractivity contribution is 6.33. The van der Waals surface area contributed by atoms with Crippen LogP contribution in [0, 0.1) is 11.7 Å². The van der Waals surface area contributed by atoms with Crippen LogP contribution in [0.1, 0.15) is 44.1 Å². The van der Waals surface area contributed by atoms with Crippen molar-refractivity contribution in [2.75, 3.05) is 25.5 Å². The predicted octanol–water partition coefficient (Wildman–Crippen LogP) is 5.94. The normalized spacial score (nSPS) is 21.5. The Labute approximate surface area is 229 Å². The molecule has 0 radical (unpaired) electrons. The Balaban J connectivity index is 1.27. The number of nitrogens with zero attached hydrogens (tertiary/aromatic N) is 2. The zero-order valence-corrected chi connectivity index (χ0v) is 22.3. The standard InChI is InChI=1S/C28H30ClF2N3O5/c1-37-26(36)18-8-10-19(11-9-18)39-28(31,34-13-2-3-14-34)24(35)16-17-7-12-22(20(29)15-17)32-27-33-23-6-4-5-21(30)25(23)38-27/h4-7,12,15,18-19H,2-3,8-11,13-14,16H2,1H3,(H,32,33). The van der Waals surface area contributed by atoms with Crippen LogP contribution in [-0.4, -0.2) is 53.9 Å². The summed E-state index contributed by atoms with van der Waals surface area (Å²) in [5, 5.41) is 3.17. The largest absolute Gasteiger partial charge is 0.469 e. The second kappa shape index (κ2) is 11.6. The number of ether oxygens (including phenoxy) is 2. The SMILES string of the molecule is COC(=O)C1CCC(OC(F)(C(=O)Cc2ccc(Nc3nc4cccc(F)c4o3)c(Cl)c2)N2CCCC2)CC1. The van der Waals surface area contributed by atoms with Gasteiger partial charge in [-0.05, 0) is 68.4 Å². The molecule has 1 aliphatic carbocycles. The number of methoxy groups -OCH3 is 1. The van der Waals surface area contributed by atoms with Crippen molar-refractivity contribution in [3.05, 3.63) is 52.8 Å². The lowest BCUT2D eigenvalue weighted by molar-refractivity contribution is -0.252. The van der Waals surface area contributed by atoms with Gasteiger partial charge in [0.05, 0.1) is 29.8 Å². The van der Waals surface area contributed by atoms with Crippen LogP contribution in [0.5, 0.6) is 0 Å². The molecule has 1 N–H and O–H groups in total. The number of ketones is 1. The minimum absolute atomic E-state index is 0.0262. The van der Waals surface area contributed by atoms with Crippen LogP contribution in [0.15, 0.2) is 40.8 Å². The number of para-hydroxylation sites is 1. The number of hydrogen-bond acceptors (Lipinski definition) is 8. The number of alkyl halides is 1. The number of halogens is 3. The molecule has 0 spiro atoms. The summed E-state index contributed by atoms with van der Waals surface area (Å²) in [5.41, 5.74) is 1.33. The van der Waals surface area contributed by atoms with Gasteiger partial charge < -0.3 is 19.2 Å². The molecule has 5 rings (SSSR count). The molecular formula is C28H30ClF2N3O5. The van der Waals surface area contributed by atoms with Crippen molar-refractivity contribution in [2.45, 2.75) is 57.0 Å². The number of esters is 1. The van der Waals surface area contributed by atoms with Gasteiger partial charge in [0.15, 0.2) is 11.4 Å². The van der Waals surface area contributed by atoms with Crippen molar-refractivity contribution in [1.82, 2.24) is 9.88 Å². The van der Waals surface area contributed by atoms with Gasteiger partial charge >= 0.3 is 11.9 Å². The number of benzene rings is 2. The van der Waals surface area contributed by atoms with Gasteiger partial charge in [-0.2, -0.15) is 9.37 Å². The molecule has 2 heterocycles. The molecule has 2 aromatic carbocycles. The molecule has 39 heavy (non-hydrogen) atoms. The zero-order valence-electron chi connectivity index (χ0n) is 21.6. The molecule has 1 aromatic heterocycles. The molecule has 2 fully saturated rings. The van der Waals surface area contributed by atoms with Crippen LogP contribution in [0.3, 0.4) is 0 Å². The van der Waals surface area contributed by atoms with Crippen molar-refractivity contribution in [2.24, 2.45) is 5.92 Å². The lowest BCUT2D eigenvalue weighted by Crippen LogP contribution is -2.54. The van der Waals surface area contributed by atoms with Gasteiger partial charge in [-0.3, -0.25) is 9.59 Å². The van der Waals surface area contributed by atoms with Crippen LogP contribution in [-0.2, 0) is 25.5 Å². The van der Waals surface area contributed by atoms with E-state index in [-0.39, 0.29) is 34.9 Å². The van der Waals surface area contributed by atoms with E-state index in [1.165, 1.54) is 24.1 Å². The Kier molecular flexibility index (Phi) is 8.16. The minimum Gasteiger partial charge on any atom is -0.469 e. The Bertz CT molecular complexity index is 1350. The van der Waals surface area contributed by atoms with E-state index in [0.29, 0.717) is 55.5 Å². The highest BCUT2D eigenvalue weighted by Gasteiger charge is 2.48. The molecule has 8 nitrogen and oxygen atoms in total. The lowest BCUT2D eigenvalue weighted by Gasteiger charge is -2.37. The Morgan fingerprint density at radius 2 is 1.92 bits per heavy atom. The van der Waals surface area contributed by atoms with E-state index >= 15 is 4.39 Å². The van der Waals surface area contributed by atoms with Crippen LogP contribution in [0.25, 0.3) is 11.1 Å². The second-order valence-electron chi connectivity index (χ2n) is 10.0. The number of oxazole rings is 1. The van der Waals surface area contributed by atoms with E-state index in [0.717, 1.165) is 12.8 Å². The molecule has 11 heteroatoms. The first-order valence-electron chi connectivity index (χ1n) is 13.1. The maximum absolute atomic E-state index is 16.4. The maximum atomic E-state index is 16.4. The Hall–Kier alpha value is -3.08. The van der Waals surface area contributed by atoms with Gasteiger partial charge in [-0.1, -0.05) is 23.7 Å². The molecule has 1 saturated carbocycles. The van der Waals surface area contributed by atoms with Gasteiger partial charge in [0.25, 0.3) is 6.01 Å². The average molecular weight is 562 g/mol. The summed E-state index contributed by atoms with van der Waals surface area (Å²) < 4.78 is 46.5. The summed E-state index contributed by atoms with van der Waals surface area (Å²) in [4.78, 5) is 30.9. The number of fused-ring (bicyclic) bond motifs is 1. The van der Waals surface area contributed by atoms with E-state index in [9.17, 15) is 14.0 Å². The van der Waals surface area contributed by atoms with Gasteiger partial charge in [-0.15, -0.1) is 0 Å². The Morgan fingerprint density at radius 3 is 2.59 bits per heavy atom. The average Bonchev–Trinajstić information content (AvgIpc) is 3.61. The van der Waals surface area contributed by atoms with Crippen molar-refractivity contribution in [3.8, 4) is 0 Å². The summed E-state index contributed by atoms with van der Waals surface area (Å²) in [6.07, 6.45) is 2.86.